The molecule has 0 bridgehead atoms. The van der Waals surface area contributed by atoms with Crippen molar-refractivity contribution in [1.82, 2.24) is 24.7 Å². The van der Waals surface area contributed by atoms with Crippen molar-refractivity contribution < 1.29 is 9.32 Å². The second-order valence-corrected chi connectivity index (χ2v) is 8.18. The van der Waals surface area contributed by atoms with Crippen LogP contribution in [0.5, 0.6) is 0 Å². The average Bonchev–Trinajstić information content (AvgIpc) is 3.14. The second-order valence-electron chi connectivity index (χ2n) is 8.18. The van der Waals surface area contributed by atoms with Gasteiger partial charge in [0.15, 0.2) is 5.52 Å². The first kappa shape index (κ1) is 20.3. The molecule has 3 heterocycles. The van der Waals surface area contributed by atoms with Crippen LogP contribution in [0.3, 0.4) is 0 Å². The van der Waals surface area contributed by atoms with Gasteiger partial charge >= 0.3 is 0 Å². The maximum absolute atomic E-state index is 12.8. The van der Waals surface area contributed by atoms with Crippen LogP contribution in [0.2, 0.25) is 0 Å². The number of aryl methyl sites for hydroxylation is 2. The molecule has 0 N–H and O–H groups in total. The quantitative estimate of drug-likeness (QED) is 0.658. The molecule has 3 aromatic rings. The highest BCUT2D eigenvalue weighted by atomic mass is 16.5. The minimum absolute atomic E-state index is 0.0515. The van der Waals surface area contributed by atoms with Gasteiger partial charge in [0.25, 0.3) is 11.5 Å². The summed E-state index contributed by atoms with van der Waals surface area (Å²) in [5.41, 5.74) is 2.73. The predicted octanol–water partition coefficient (Wildman–Crippen LogP) is 2.54. The number of benzene rings is 1. The van der Waals surface area contributed by atoms with Crippen LogP contribution < -0.4 is 5.56 Å². The zero-order valence-electron chi connectivity index (χ0n) is 17.9. The zero-order valence-corrected chi connectivity index (χ0v) is 17.9. The van der Waals surface area contributed by atoms with Crippen molar-refractivity contribution in [3.8, 4) is 0 Å². The summed E-state index contributed by atoms with van der Waals surface area (Å²) in [4.78, 5) is 29.5. The minimum atomic E-state index is -0.254. The Labute approximate surface area is 175 Å². The van der Waals surface area contributed by atoms with Gasteiger partial charge in [-0.3, -0.25) is 14.5 Å². The third-order valence-electron chi connectivity index (χ3n) is 5.75. The zero-order chi connectivity index (χ0) is 21.4. The first-order valence-corrected chi connectivity index (χ1v) is 10.3. The summed E-state index contributed by atoms with van der Waals surface area (Å²) in [6, 6.07) is 7.86. The molecule has 158 valence electrons. The van der Waals surface area contributed by atoms with Crippen LogP contribution in [0.1, 0.15) is 47.1 Å². The molecule has 30 heavy (non-hydrogen) atoms. The highest BCUT2D eigenvalue weighted by Crippen LogP contribution is 2.18. The number of hydrogen-bond donors (Lipinski definition) is 0. The maximum Gasteiger partial charge on any atom is 0.298 e. The fourth-order valence-corrected chi connectivity index (χ4v) is 3.91. The summed E-state index contributed by atoms with van der Waals surface area (Å²) in [5.74, 6) is 1.10. The summed E-state index contributed by atoms with van der Waals surface area (Å²) in [6.07, 6.45) is 0. The lowest BCUT2D eigenvalue weighted by atomic mass is 10.0. The molecule has 0 unspecified atom stereocenters. The van der Waals surface area contributed by atoms with Gasteiger partial charge in [0.1, 0.15) is 5.76 Å². The Balaban J connectivity index is 1.41. The van der Waals surface area contributed by atoms with E-state index in [2.05, 4.69) is 29.0 Å². The van der Waals surface area contributed by atoms with Crippen molar-refractivity contribution in [2.45, 2.75) is 40.3 Å². The normalized spacial score (nSPS) is 15.3. The van der Waals surface area contributed by atoms with Crippen molar-refractivity contribution in [3.05, 3.63) is 57.2 Å². The van der Waals surface area contributed by atoms with Crippen LogP contribution in [-0.4, -0.2) is 56.8 Å². The topological polar surface area (TPSA) is 84.5 Å². The van der Waals surface area contributed by atoms with Crippen LogP contribution in [0.4, 0.5) is 0 Å². The Hall–Kier alpha value is -3.00. The summed E-state index contributed by atoms with van der Waals surface area (Å²) in [7, 11) is 0. The molecule has 8 nitrogen and oxygen atoms in total. The minimum Gasteiger partial charge on any atom is -0.360 e. The molecule has 4 rings (SSSR count). The summed E-state index contributed by atoms with van der Waals surface area (Å²) in [6.45, 7) is 10.9. The van der Waals surface area contributed by atoms with Crippen LogP contribution in [-0.2, 0) is 6.67 Å². The molecule has 0 atom stereocenters. The lowest BCUT2D eigenvalue weighted by Crippen LogP contribution is -2.50. The van der Waals surface area contributed by atoms with E-state index in [1.165, 1.54) is 10.2 Å². The fourth-order valence-electron chi connectivity index (χ4n) is 3.91. The number of aromatic nitrogens is 3. The van der Waals surface area contributed by atoms with Gasteiger partial charge in [-0.05, 0) is 37.5 Å². The summed E-state index contributed by atoms with van der Waals surface area (Å²) >= 11 is 0. The average molecular weight is 409 g/mol. The molecular formula is C22H27N5O3. The van der Waals surface area contributed by atoms with Gasteiger partial charge in [0, 0.05) is 31.7 Å². The molecule has 0 aliphatic carbocycles. The Bertz CT molecular complexity index is 1120. The van der Waals surface area contributed by atoms with Crippen LogP contribution in [0, 0.1) is 13.8 Å². The lowest BCUT2D eigenvalue weighted by Gasteiger charge is -2.34. The highest BCUT2D eigenvalue weighted by Gasteiger charge is 2.23. The van der Waals surface area contributed by atoms with E-state index in [1.54, 1.807) is 6.92 Å². The number of nitrogens with zero attached hydrogens (tertiary/aromatic N) is 5. The molecule has 0 spiro atoms. The van der Waals surface area contributed by atoms with Gasteiger partial charge in [0.05, 0.1) is 17.7 Å². The molecule has 2 aromatic heterocycles. The fraction of sp³-hybridized carbons (Fsp3) is 0.455. The number of rotatable bonds is 4. The Morgan fingerprint density at radius 3 is 2.40 bits per heavy atom. The standard InChI is InChI=1S/C22H27N5O3/c1-14(2)17-5-7-18(8-6-17)21(28)26-11-9-25(10-12-26)13-27-22(29)20-19(15(3)23-27)16(4)30-24-20/h5-8,14H,9-13H2,1-4H3. The van der Waals surface area contributed by atoms with Gasteiger partial charge in [-0.2, -0.15) is 5.10 Å². The van der Waals surface area contributed by atoms with Crippen LogP contribution in [0.15, 0.2) is 33.6 Å². The highest BCUT2D eigenvalue weighted by molar-refractivity contribution is 5.94. The molecule has 0 radical (unpaired) electrons. The van der Waals surface area contributed by atoms with E-state index < -0.39 is 0 Å². The lowest BCUT2D eigenvalue weighted by molar-refractivity contribution is 0.0583. The number of amides is 1. The van der Waals surface area contributed by atoms with Gasteiger partial charge in [-0.1, -0.05) is 31.1 Å². The SMILES string of the molecule is Cc1nn(CN2CCN(C(=O)c3ccc(C(C)C)cc3)CC2)c(=O)c2noc(C)c12. The number of piperazine rings is 1. The van der Waals surface area contributed by atoms with E-state index in [9.17, 15) is 9.59 Å². The number of fused-ring (bicyclic) bond motifs is 1. The Morgan fingerprint density at radius 2 is 1.77 bits per heavy atom. The largest absolute Gasteiger partial charge is 0.360 e. The van der Waals surface area contributed by atoms with Gasteiger partial charge in [-0.15, -0.1) is 0 Å². The van der Waals surface area contributed by atoms with E-state index in [4.69, 9.17) is 4.52 Å². The first-order chi connectivity index (χ1) is 14.3. The van der Waals surface area contributed by atoms with Gasteiger partial charge in [-0.25, -0.2) is 4.68 Å². The smallest absolute Gasteiger partial charge is 0.298 e. The van der Waals surface area contributed by atoms with Crippen molar-refractivity contribution in [2.24, 2.45) is 0 Å². The summed E-state index contributed by atoms with van der Waals surface area (Å²) < 4.78 is 6.60. The van der Waals surface area contributed by atoms with Crippen molar-refractivity contribution >= 4 is 16.8 Å². The molecule has 1 aliphatic rings. The van der Waals surface area contributed by atoms with E-state index in [0.717, 1.165) is 5.69 Å². The molecule has 8 heteroatoms. The molecule has 1 fully saturated rings. The Morgan fingerprint density at radius 1 is 1.10 bits per heavy atom. The number of hydrogen-bond acceptors (Lipinski definition) is 6. The molecule has 1 amide bonds. The molecule has 1 aliphatic heterocycles. The van der Waals surface area contributed by atoms with Gasteiger partial charge in [0.2, 0.25) is 0 Å². The van der Waals surface area contributed by atoms with E-state index in [0.29, 0.717) is 61.0 Å². The third-order valence-corrected chi connectivity index (χ3v) is 5.75. The van der Waals surface area contributed by atoms with Crippen molar-refractivity contribution in [2.75, 3.05) is 26.2 Å². The molecule has 0 saturated carbocycles. The summed E-state index contributed by atoms with van der Waals surface area (Å²) in [5, 5.41) is 9.02. The van der Waals surface area contributed by atoms with E-state index in [-0.39, 0.29) is 11.5 Å². The monoisotopic (exact) mass is 409 g/mol. The molecular weight excluding hydrogens is 382 g/mol. The third kappa shape index (κ3) is 3.75. The maximum atomic E-state index is 12.8. The molecule has 1 aromatic carbocycles. The van der Waals surface area contributed by atoms with Crippen LogP contribution in [0.25, 0.3) is 10.9 Å². The number of carbonyl (C=O) groups is 1. The van der Waals surface area contributed by atoms with Crippen LogP contribution >= 0.6 is 0 Å². The van der Waals surface area contributed by atoms with E-state index in [1.807, 2.05) is 36.1 Å². The first-order valence-electron chi connectivity index (χ1n) is 10.3. The second kappa shape index (κ2) is 8.02. The Kier molecular flexibility index (Phi) is 5.42. The number of carbonyl (C=O) groups excluding carboxylic acids is 1. The predicted molar refractivity (Wildman–Crippen MR) is 114 cm³/mol. The molecule has 1 saturated heterocycles. The van der Waals surface area contributed by atoms with Crippen molar-refractivity contribution in [1.29, 1.82) is 0 Å². The van der Waals surface area contributed by atoms with E-state index >= 15 is 0 Å². The van der Waals surface area contributed by atoms with Gasteiger partial charge < -0.3 is 9.42 Å². The van der Waals surface area contributed by atoms with Crippen molar-refractivity contribution in [3.63, 3.8) is 0 Å².